The van der Waals surface area contributed by atoms with Gasteiger partial charge in [-0.05, 0) is 38.6 Å². The average Bonchev–Trinajstić information content (AvgIpc) is 3.13. The topological polar surface area (TPSA) is 81.8 Å². The zero-order valence-corrected chi connectivity index (χ0v) is 14.6. The maximum Gasteiger partial charge on any atom is 0.325 e. The molecule has 3 heterocycles. The Balaban J connectivity index is 0.00000169. The number of hydrogen-bond acceptors (Lipinski definition) is 4. The summed E-state index contributed by atoms with van der Waals surface area (Å²) in [4.78, 5) is 40.7. The van der Waals surface area contributed by atoms with Gasteiger partial charge in [-0.3, -0.25) is 14.5 Å². The quantitative estimate of drug-likeness (QED) is 0.711. The van der Waals surface area contributed by atoms with E-state index in [-0.39, 0.29) is 42.8 Å². The second kappa shape index (κ2) is 6.52. The molecular formula is C16H25ClN4O3. The van der Waals surface area contributed by atoms with Crippen LogP contribution in [0.3, 0.4) is 0 Å². The van der Waals surface area contributed by atoms with Crippen LogP contribution in [0, 0.1) is 0 Å². The second-order valence-electron chi connectivity index (χ2n) is 7.29. The van der Waals surface area contributed by atoms with Crippen LogP contribution in [-0.2, 0) is 9.59 Å². The highest BCUT2D eigenvalue weighted by Gasteiger charge is 2.53. The second-order valence-corrected chi connectivity index (χ2v) is 7.29. The molecule has 0 radical (unpaired) electrons. The van der Waals surface area contributed by atoms with E-state index in [9.17, 15) is 14.4 Å². The first-order valence-corrected chi connectivity index (χ1v) is 8.77. The molecule has 2 unspecified atom stereocenters. The van der Waals surface area contributed by atoms with Crippen molar-refractivity contribution in [2.45, 2.75) is 62.6 Å². The Kier molecular flexibility index (Phi) is 4.75. The Morgan fingerprint density at radius 2 is 1.83 bits per heavy atom. The molecule has 0 aromatic carbocycles. The first-order chi connectivity index (χ1) is 11.1. The number of imide groups is 1. The van der Waals surface area contributed by atoms with E-state index in [1.807, 2.05) is 4.90 Å². The van der Waals surface area contributed by atoms with Gasteiger partial charge in [0, 0.05) is 18.6 Å². The zero-order valence-electron chi connectivity index (χ0n) is 13.8. The van der Waals surface area contributed by atoms with Gasteiger partial charge in [-0.15, -0.1) is 12.4 Å². The van der Waals surface area contributed by atoms with Gasteiger partial charge in [-0.25, -0.2) is 4.79 Å². The summed E-state index contributed by atoms with van der Waals surface area (Å²) >= 11 is 0. The molecule has 24 heavy (non-hydrogen) atoms. The van der Waals surface area contributed by atoms with Crippen molar-refractivity contribution in [1.82, 2.24) is 20.4 Å². The van der Waals surface area contributed by atoms with E-state index in [2.05, 4.69) is 10.6 Å². The highest BCUT2D eigenvalue weighted by Crippen LogP contribution is 2.35. The first kappa shape index (κ1) is 17.5. The van der Waals surface area contributed by atoms with Gasteiger partial charge in [-0.1, -0.05) is 12.8 Å². The van der Waals surface area contributed by atoms with E-state index in [0.29, 0.717) is 12.8 Å². The number of urea groups is 1. The molecule has 0 aromatic heterocycles. The third kappa shape index (κ3) is 2.67. The number of hydrogen-bond donors (Lipinski definition) is 2. The summed E-state index contributed by atoms with van der Waals surface area (Å²) in [5, 5.41) is 6.20. The summed E-state index contributed by atoms with van der Waals surface area (Å²) in [7, 11) is 0. The molecule has 1 aliphatic carbocycles. The largest absolute Gasteiger partial charge is 0.334 e. The van der Waals surface area contributed by atoms with Crippen LogP contribution in [0.2, 0.25) is 0 Å². The van der Waals surface area contributed by atoms with Gasteiger partial charge in [0.15, 0.2) is 0 Å². The van der Waals surface area contributed by atoms with Crippen molar-refractivity contribution in [1.29, 1.82) is 0 Å². The predicted octanol–water partition coefficient (Wildman–Crippen LogP) is 0.626. The van der Waals surface area contributed by atoms with Crippen LogP contribution in [-0.4, -0.2) is 64.9 Å². The van der Waals surface area contributed by atoms with E-state index in [1.54, 1.807) is 0 Å². The molecule has 3 aliphatic heterocycles. The lowest BCUT2D eigenvalue weighted by Crippen LogP contribution is -2.49. The third-order valence-corrected chi connectivity index (χ3v) is 5.94. The van der Waals surface area contributed by atoms with Crippen LogP contribution in [0.1, 0.15) is 44.9 Å². The molecule has 2 bridgehead atoms. The zero-order chi connectivity index (χ0) is 16.0. The monoisotopic (exact) mass is 356 g/mol. The van der Waals surface area contributed by atoms with Gasteiger partial charge in [0.25, 0.3) is 5.91 Å². The average molecular weight is 357 g/mol. The number of nitrogens with zero attached hydrogens (tertiary/aromatic N) is 2. The number of carbonyl (C=O) groups excluding carboxylic acids is 3. The molecule has 8 heteroatoms. The minimum Gasteiger partial charge on any atom is -0.334 e. The minimum atomic E-state index is -0.726. The molecule has 2 atom stereocenters. The van der Waals surface area contributed by atoms with Crippen LogP contribution in [0.5, 0.6) is 0 Å². The Morgan fingerprint density at radius 1 is 1.12 bits per heavy atom. The minimum absolute atomic E-state index is 0. The Bertz CT molecular complexity index is 535. The summed E-state index contributed by atoms with van der Waals surface area (Å²) in [6, 6.07) is 0.0606. The van der Waals surface area contributed by atoms with Gasteiger partial charge in [0.2, 0.25) is 5.91 Å². The molecule has 4 rings (SSSR count). The van der Waals surface area contributed by atoms with E-state index in [1.165, 1.54) is 0 Å². The lowest BCUT2D eigenvalue weighted by molar-refractivity contribution is -0.140. The van der Waals surface area contributed by atoms with Crippen LogP contribution >= 0.6 is 12.4 Å². The normalized spacial score (nSPS) is 31.2. The lowest BCUT2D eigenvalue weighted by atomic mass is 9.98. The predicted molar refractivity (Wildman–Crippen MR) is 89.8 cm³/mol. The van der Waals surface area contributed by atoms with Gasteiger partial charge < -0.3 is 15.5 Å². The fourth-order valence-electron chi connectivity index (χ4n) is 4.74. The van der Waals surface area contributed by atoms with Crippen LogP contribution < -0.4 is 10.6 Å². The Morgan fingerprint density at radius 3 is 2.58 bits per heavy atom. The first-order valence-electron chi connectivity index (χ1n) is 8.77. The summed E-state index contributed by atoms with van der Waals surface area (Å²) in [6.07, 6.45) is 6.29. The Labute approximate surface area is 147 Å². The SMILES string of the molecule is Cl.O=C1NC2(CCCC2)C(=O)N1CC(=O)N1C2CCNCC1CC2. The summed E-state index contributed by atoms with van der Waals surface area (Å²) in [5.74, 6) is -0.284. The molecular weight excluding hydrogens is 332 g/mol. The van der Waals surface area contributed by atoms with E-state index >= 15 is 0 Å². The van der Waals surface area contributed by atoms with E-state index in [4.69, 9.17) is 0 Å². The van der Waals surface area contributed by atoms with Gasteiger partial charge >= 0.3 is 6.03 Å². The van der Waals surface area contributed by atoms with Crippen molar-refractivity contribution < 1.29 is 14.4 Å². The van der Waals surface area contributed by atoms with Crippen LogP contribution in [0.4, 0.5) is 4.79 Å². The van der Waals surface area contributed by atoms with Crippen LogP contribution in [0.15, 0.2) is 0 Å². The maximum absolute atomic E-state index is 12.8. The number of carbonyl (C=O) groups is 3. The molecule has 1 spiro atoms. The highest BCUT2D eigenvalue weighted by atomic mass is 35.5. The molecule has 4 amide bonds. The fourth-order valence-corrected chi connectivity index (χ4v) is 4.74. The summed E-state index contributed by atoms with van der Waals surface area (Å²) in [6.45, 7) is 1.63. The summed E-state index contributed by atoms with van der Waals surface area (Å²) < 4.78 is 0. The molecule has 3 saturated heterocycles. The molecule has 0 aromatic rings. The van der Waals surface area contributed by atoms with Crippen molar-refractivity contribution in [3.63, 3.8) is 0 Å². The van der Waals surface area contributed by atoms with Crippen LogP contribution in [0.25, 0.3) is 0 Å². The van der Waals surface area contributed by atoms with Gasteiger partial charge in [-0.2, -0.15) is 0 Å². The number of halogens is 1. The van der Waals surface area contributed by atoms with Crippen molar-refractivity contribution in [3.05, 3.63) is 0 Å². The number of fused-ring (bicyclic) bond motifs is 2. The van der Waals surface area contributed by atoms with Gasteiger partial charge in [0.05, 0.1) is 0 Å². The molecule has 4 fully saturated rings. The van der Waals surface area contributed by atoms with Crippen molar-refractivity contribution in [2.75, 3.05) is 19.6 Å². The van der Waals surface area contributed by atoms with Crippen molar-refractivity contribution >= 4 is 30.3 Å². The smallest absolute Gasteiger partial charge is 0.325 e. The summed E-state index contributed by atoms with van der Waals surface area (Å²) in [5.41, 5.74) is -0.726. The molecule has 134 valence electrons. The maximum atomic E-state index is 12.8. The van der Waals surface area contributed by atoms with Crippen molar-refractivity contribution in [3.8, 4) is 0 Å². The molecule has 2 N–H and O–H groups in total. The molecule has 4 aliphatic rings. The molecule has 7 nitrogen and oxygen atoms in total. The fraction of sp³-hybridized carbons (Fsp3) is 0.812. The third-order valence-electron chi connectivity index (χ3n) is 5.94. The van der Waals surface area contributed by atoms with Crippen molar-refractivity contribution in [2.24, 2.45) is 0 Å². The van der Waals surface area contributed by atoms with E-state index in [0.717, 1.165) is 50.1 Å². The highest BCUT2D eigenvalue weighted by molar-refractivity contribution is 6.09. The Hall–Kier alpha value is -1.34. The number of nitrogens with one attached hydrogen (secondary N) is 2. The number of amides is 4. The van der Waals surface area contributed by atoms with E-state index < -0.39 is 11.6 Å². The number of rotatable bonds is 2. The van der Waals surface area contributed by atoms with Gasteiger partial charge in [0.1, 0.15) is 12.1 Å². The molecule has 1 saturated carbocycles. The standard InChI is InChI=1S/C16H24N4O3.ClH/c21-13(20-11-3-4-12(20)9-17-8-5-11)10-19-14(22)16(18-15(19)23)6-1-2-7-16;/h11-12,17H,1-10H2,(H,18,23);1H. The lowest BCUT2D eigenvalue weighted by Gasteiger charge is -2.29.